The van der Waals surface area contributed by atoms with Crippen molar-refractivity contribution < 1.29 is 14.7 Å². The Hall–Kier alpha value is -2.31. The molecule has 0 aromatic carbocycles. The lowest BCUT2D eigenvalue weighted by atomic mass is 10.2. The Kier molecular flexibility index (Phi) is 3.55. The summed E-state index contributed by atoms with van der Waals surface area (Å²) in [5, 5.41) is 11.5. The van der Waals surface area contributed by atoms with Gasteiger partial charge in [0.15, 0.2) is 5.82 Å². The van der Waals surface area contributed by atoms with E-state index in [1.54, 1.807) is 7.05 Å². The number of likely N-dealkylation sites (N-methyl/N-ethyl adjacent to an activating group) is 1. The van der Waals surface area contributed by atoms with Gasteiger partial charge in [-0.1, -0.05) is 0 Å². The van der Waals surface area contributed by atoms with Crippen molar-refractivity contribution in [2.24, 2.45) is 0 Å². The summed E-state index contributed by atoms with van der Waals surface area (Å²) in [4.78, 5) is 28.5. The Morgan fingerprint density at radius 2 is 2.32 bits per heavy atom. The van der Waals surface area contributed by atoms with Crippen molar-refractivity contribution in [3.63, 3.8) is 0 Å². The Balaban J connectivity index is 2.31. The normalized spacial score (nSPS) is 18.4. The van der Waals surface area contributed by atoms with Crippen LogP contribution in [-0.4, -0.2) is 41.6 Å². The molecule has 0 aliphatic carbocycles. The molecular weight excluding hydrogens is 248 g/mol. The SMILES string of the molecule is CNC(=O)C1CCCN1c1ncc(C(=O)O)cc1N. The third kappa shape index (κ3) is 2.44. The first-order chi connectivity index (χ1) is 9.04. The van der Waals surface area contributed by atoms with Gasteiger partial charge in [-0.05, 0) is 18.9 Å². The van der Waals surface area contributed by atoms with Gasteiger partial charge in [-0.15, -0.1) is 0 Å². The fourth-order valence-corrected chi connectivity index (χ4v) is 2.29. The van der Waals surface area contributed by atoms with Crippen molar-refractivity contribution in [2.45, 2.75) is 18.9 Å². The van der Waals surface area contributed by atoms with Crippen molar-refractivity contribution >= 4 is 23.4 Å². The minimum atomic E-state index is -1.07. The number of hydrogen-bond donors (Lipinski definition) is 3. The molecule has 2 heterocycles. The lowest BCUT2D eigenvalue weighted by Crippen LogP contribution is -2.42. The third-order valence-electron chi connectivity index (χ3n) is 3.22. The Labute approximate surface area is 110 Å². The molecule has 1 saturated heterocycles. The molecule has 1 atom stereocenters. The number of hydrogen-bond acceptors (Lipinski definition) is 5. The van der Waals surface area contributed by atoms with Gasteiger partial charge >= 0.3 is 5.97 Å². The minimum Gasteiger partial charge on any atom is -0.478 e. The minimum absolute atomic E-state index is 0.0388. The molecule has 2 rings (SSSR count). The maximum atomic E-state index is 11.8. The molecule has 0 bridgehead atoms. The maximum absolute atomic E-state index is 11.8. The molecule has 0 radical (unpaired) electrons. The number of amides is 1. The molecule has 102 valence electrons. The van der Waals surface area contributed by atoms with Gasteiger partial charge in [-0.2, -0.15) is 0 Å². The summed E-state index contributed by atoms with van der Waals surface area (Å²) >= 11 is 0. The van der Waals surface area contributed by atoms with Crippen LogP contribution >= 0.6 is 0 Å². The lowest BCUT2D eigenvalue weighted by molar-refractivity contribution is -0.121. The Morgan fingerprint density at radius 3 is 2.89 bits per heavy atom. The number of nitrogens with two attached hydrogens (primary N) is 1. The van der Waals surface area contributed by atoms with E-state index in [-0.39, 0.29) is 23.2 Å². The molecule has 1 aliphatic rings. The van der Waals surface area contributed by atoms with E-state index in [4.69, 9.17) is 10.8 Å². The topological polar surface area (TPSA) is 109 Å². The molecule has 1 aromatic rings. The van der Waals surface area contributed by atoms with Crippen molar-refractivity contribution in [2.75, 3.05) is 24.2 Å². The monoisotopic (exact) mass is 264 g/mol. The molecule has 1 fully saturated rings. The Morgan fingerprint density at radius 1 is 1.58 bits per heavy atom. The summed E-state index contributed by atoms with van der Waals surface area (Å²) in [6, 6.07) is 1.07. The summed E-state index contributed by atoms with van der Waals surface area (Å²) in [6.07, 6.45) is 2.87. The van der Waals surface area contributed by atoms with E-state index >= 15 is 0 Å². The van der Waals surface area contributed by atoms with Gasteiger partial charge in [-0.3, -0.25) is 4.79 Å². The van der Waals surface area contributed by atoms with Crippen LogP contribution in [0.5, 0.6) is 0 Å². The largest absolute Gasteiger partial charge is 0.478 e. The number of nitrogen functional groups attached to an aromatic ring is 1. The van der Waals surface area contributed by atoms with E-state index in [2.05, 4.69) is 10.3 Å². The molecule has 4 N–H and O–H groups in total. The number of carboxylic acid groups (broad SMARTS) is 1. The predicted octanol–water partition coefficient (Wildman–Crippen LogP) is 0.0768. The number of pyridine rings is 1. The van der Waals surface area contributed by atoms with Crippen LogP contribution < -0.4 is 16.0 Å². The fraction of sp³-hybridized carbons (Fsp3) is 0.417. The molecule has 19 heavy (non-hydrogen) atoms. The van der Waals surface area contributed by atoms with E-state index in [0.717, 1.165) is 12.8 Å². The van der Waals surface area contributed by atoms with E-state index < -0.39 is 5.97 Å². The third-order valence-corrected chi connectivity index (χ3v) is 3.22. The lowest BCUT2D eigenvalue weighted by Gasteiger charge is -2.25. The molecule has 1 unspecified atom stereocenters. The summed E-state index contributed by atoms with van der Waals surface area (Å²) < 4.78 is 0. The Bertz CT molecular complexity index is 518. The fourth-order valence-electron chi connectivity index (χ4n) is 2.29. The first kappa shape index (κ1) is 13.1. The van der Waals surface area contributed by atoms with Gasteiger partial charge in [0.05, 0.1) is 11.3 Å². The van der Waals surface area contributed by atoms with Crippen molar-refractivity contribution in [3.8, 4) is 0 Å². The number of aromatic carboxylic acids is 1. The highest BCUT2D eigenvalue weighted by Gasteiger charge is 2.32. The van der Waals surface area contributed by atoms with Crippen LogP contribution in [0.4, 0.5) is 11.5 Å². The number of nitrogens with zero attached hydrogens (tertiary/aromatic N) is 2. The zero-order valence-electron chi connectivity index (χ0n) is 10.6. The van der Waals surface area contributed by atoms with E-state index in [0.29, 0.717) is 12.4 Å². The molecular formula is C12H16N4O3. The first-order valence-corrected chi connectivity index (χ1v) is 6.01. The molecule has 7 heteroatoms. The molecule has 1 aromatic heterocycles. The van der Waals surface area contributed by atoms with E-state index in [1.165, 1.54) is 12.3 Å². The van der Waals surface area contributed by atoms with Crippen LogP contribution in [0.3, 0.4) is 0 Å². The zero-order chi connectivity index (χ0) is 14.0. The van der Waals surface area contributed by atoms with Gasteiger partial charge in [0, 0.05) is 19.8 Å². The second-order valence-electron chi connectivity index (χ2n) is 4.41. The number of carboxylic acids is 1. The molecule has 7 nitrogen and oxygen atoms in total. The molecule has 1 amide bonds. The van der Waals surface area contributed by atoms with Crippen LogP contribution in [0.15, 0.2) is 12.3 Å². The highest BCUT2D eigenvalue weighted by atomic mass is 16.4. The molecule has 1 aliphatic heterocycles. The summed E-state index contributed by atoms with van der Waals surface area (Å²) in [6.45, 7) is 0.682. The maximum Gasteiger partial charge on any atom is 0.337 e. The average Bonchev–Trinajstić information content (AvgIpc) is 2.86. The average molecular weight is 264 g/mol. The second-order valence-corrected chi connectivity index (χ2v) is 4.41. The van der Waals surface area contributed by atoms with Crippen LogP contribution in [0.1, 0.15) is 23.2 Å². The highest BCUT2D eigenvalue weighted by Crippen LogP contribution is 2.29. The van der Waals surface area contributed by atoms with E-state index in [1.807, 2.05) is 4.90 Å². The molecule has 0 spiro atoms. The standard InChI is InChI=1S/C12H16N4O3/c1-14-11(17)9-3-2-4-16(9)10-8(13)5-7(6-15-10)12(18)19/h5-6,9H,2-4,13H2,1H3,(H,14,17)(H,18,19). The quantitative estimate of drug-likeness (QED) is 0.713. The highest BCUT2D eigenvalue weighted by molar-refractivity contribution is 5.90. The van der Waals surface area contributed by atoms with Crippen molar-refractivity contribution in [3.05, 3.63) is 17.8 Å². The van der Waals surface area contributed by atoms with Crippen LogP contribution in [0.2, 0.25) is 0 Å². The van der Waals surface area contributed by atoms with Crippen LogP contribution in [0, 0.1) is 0 Å². The first-order valence-electron chi connectivity index (χ1n) is 6.01. The van der Waals surface area contributed by atoms with Gasteiger partial charge in [-0.25, -0.2) is 9.78 Å². The van der Waals surface area contributed by atoms with Gasteiger partial charge in [0.2, 0.25) is 5.91 Å². The summed E-state index contributed by atoms with van der Waals surface area (Å²) in [5.41, 5.74) is 6.16. The van der Waals surface area contributed by atoms with Gasteiger partial charge < -0.3 is 21.1 Å². The number of rotatable bonds is 3. The van der Waals surface area contributed by atoms with Crippen LogP contribution in [0.25, 0.3) is 0 Å². The zero-order valence-corrected chi connectivity index (χ0v) is 10.6. The number of anilines is 2. The van der Waals surface area contributed by atoms with Crippen LogP contribution in [-0.2, 0) is 4.79 Å². The number of carbonyl (C=O) groups excluding carboxylic acids is 1. The predicted molar refractivity (Wildman–Crippen MR) is 70.0 cm³/mol. The number of carbonyl (C=O) groups is 2. The smallest absolute Gasteiger partial charge is 0.337 e. The number of aromatic nitrogens is 1. The van der Waals surface area contributed by atoms with Crippen molar-refractivity contribution in [1.82, 2.24) is 10.3 Å². The van der Waals surface area contributed by atoms with Crippen molar-refractivity contribution in [1.29, 1.82) is 0 Å². The van der Waals surface area contributed by atoms with Gasteiger partial charge in [0.1, 0.15) is 6.04 Å². The summed E-state index contributed by atoms with van der Waals surface area (Å²) in [5.74, 6) is -0.688. The molecule has 0 saturated carbocycles. The van der Waals surface area contributed by atoms with Gasteiger partial charge in [0.25, 0.3) is 0 Å². The summed E-state index contributed by atoms with van der Waals surface area (Å²) in [7, 11) is 1.59. The number of nitrogens with one attached hydrogen (secondary N) is 1. The van der Waals surface area contributed by atoms with E-state index in [9.17, 15) is 9.59 Å². The second kappa shape index (κ2) is 5.13.